The summed E-state index contributed by atoms with van der Waals surface area (Å²) in [6.07, 6.45) is -3.80. The van der Waals surface area contributed by atoms with E-state index in [1.54, 1.807) is 13.0 Å². The SMILES string of the molecule is CCC(SCCSc1cccc(C(F)(F)F)c1)C(=O)O. The number of thioether (sulfide) groups is 2. The number of carboxylic acid groups (broad SMARTS) is 1. The van der Waals surface area contributed by atoms with E-state index in [0.717, 1.165) is 12.1 Å². The van der Waals surface area contributed by atoms with Crippen LogP contribution in [0, 0.1) is 0 Å². The predicted octanol–water partition coefficient (Wildman–Crippen LogP) is 4.39. The molecule has 0 amide bonds. The highest BCUT2D eigenvalue weighted by Gasteiger charge is 2.30. The summed E-state index contributed by atoms with van der Waals surface area (Å²) in [6, 6.07) is 5.16. The van der Waals surface area contributed by atoms with Gasteiger partial charge in [0.15, 0.2) is 0 Å². The number of halogens is 3. The normalized spacial score (nSPS) is 13.2. The average Bonchev–Trinajstić information content (AvgIpc) is 2.37. The molecule has 0 aliphatic heterocycles. The highest BCUT2D eigenvalue weighted by molar-refractivity contribution is 8.03. The minimum absolute atomic E-state index is 0.447. The van der Waals surface area contributed by atoms with E-state index >= 15 is 0 Å². The van der Waals surface area contributed by atoms with Crippen molar-refractivity contribution in [3.63, 3.8) is 0 Å². The van der Waals surface area contributed by atoms with Gasteiger partial charge >= 0.3 is 12.1 Å². The fourth-order valence-electron chi connectivity index (χ4n) is 1.48. The number of benzene rings is 1. The van der Waals surface area contributed by atoms with Gasteiger partial charge in [-0.05, 0) is 24.6 Å². The van der Waals surface area contributed by atoms with Crippen LogP contribution >= 0.6 is 23.5 Å². The van der Waals surface area contributed by atoms with E-state index < -0.39 is 23.0 Å². The van der Waals surface area contributed by atoms with Crippen LogP contribution in [0.25, 0.3) is 0 Å². The van der Waals surface area contributed by atoms with E-state index in [4.69, 9.17) is 5.11 Å². The largest absolute Gasteiger partial charge is 0.480 e. The molecule has 0 bridgehead atoms. The van der Waals surface area contributed by atoms with Crippen molar-refractivity contribution in [2.24, 2.45) is 0 Å². The molecule has 0 saturated carbocycles. The van der Waals surface area contributed by atoms with Gasteiger partial charge in [0.1, 0.15) is 5.25 Å². The van der Waals surface area contributed by atoms with Crippen LogP contribution < -0.4 is 0 Å². The Hall–Kier alpha value is -0.820. The lowest BCUT2D eigenvalue weighted by Crippen LogP contribution is -2.15. The molecule has 1 aromatic carbocycles. The second kappa shape index (κ2) is 7.83. The molecule has 0 radical (unpaired) electrons. The van der Waals surface area contributed by atoms with E-state index in [-0.39, 0.29) is 0 Å². The maximum atomic E-state index is 12.5. The molecule has 1 unspecified atom stereocenters. The maximum absolute atomic E-state index is 12.5. The molecule has 20 heavy (non-hydrogen) atoms. The Kier molecular flexibility index (Phi) is 6.75. The summed E-state index contributed by atoms with van der Waals surface area (Å²) in [7, 11) is 0. The zero-order chi connectivity index (χ0) is 15.2. The van der Waals surface area contributed by atoms with E-state index in [1.165, 1.54) is 29.6 Å². The smallest absolute Gasteiger partial charge is 0.416 e. The Balaban J connectivity index is 2.45. The summed E-state index contributed by atoms with van der Waals surface area (Å²) >= 11 is 2.62. The van der Waals surface area contributed by atoms with Crippen LogP contribution in [-0.4, -0.2) is 27.8 Å². The molecule has 0 heterocycles. The van der Waals surface area contributed by atoms with Crippen molar-refractivity contribution in [2.45, 2.75) is 29.7 Å². The van der Waals surface area contributed by atoms with Crippen molar-refractivity contribution in [3.05, 3.63) is 29.8 Å². The van der Waals surface area contributed by atoms with Gasteiger partial charge in [-0.15, -0.1) is 23.5 Å². The zero-order valence-electron chi connectivity index (χ0n) is 10.8. The first-order chi connectivity index (χ1) is 9.34. The minimum Gasteiger partial charge on any atom is -0.480 e. The third-order valence-electron chi connectivity index (χ3n) is 2.48. The molecule has 7 heteroatoms. The Morgan fingerprint density at radius 1 is 1.35 bits per heavy atom. The standard InChI is InChI=1S/C13H15F3O2S2/c1-2-11(12(17)18)20-7-6-19-10-5-3-4-9(8-10)13(14,15)16/h3-5,8,11H,2,6-7H2,1H3,(H,17,18). The van der Waals surface area contributed by atoms with Crippen molar-refractivity contribution in [3.8, 4) is 0 Å². The van der Waals surface area contributed by atoms with Crippen LogP contribution in [0.1, 0.15) is 18.9 Å². The summed E-state index contributed by atoms with van der Waals surface area (Å²) in [6.45, 7) is 1.80. The lowest BCUT2D eigenvalue weighted by molar-refractivity contribution is -0.138. The number of rotatable bonds is 7. The fraction of sp³-hybridized carbons (Fsp3) is 0.462. The molecule has 112 valence electrons. The molecule has 1 atom stereocenters. The van der Waals surface area contributed by atoms with Crippen LogP contribution in [0.4, 0.5) is 13.2 Å². The van der Waals surface area contributed by atoms with E-state index in [9.17, 15) is 18.0 Å². The zero-order valence-corrected chi connectivity index (χ0v) is 12.4. The van der Waals surface area contributed by atoms with E-state index in [2.05, 4.69) is 0 Å². The maximum Gasteiger partial charge on any atom is 0.416 e. The molecule has 0 spiro atoms. The molecule has 1 aromatic rings. The summed E-state index contributed by atoms with van der Waals surface area (Å²) in [4.78, 5) is 11.3. The Morgan fingerprint density at radius 3 is 2.60 bits per heavy atom. The van der Waals surface area contributed by atoms with Crippen molar-refractivity contribution in [1.82, 2.24) is 0 Å². The molecule has 2 nitrogen and oxygen atoms in total. The van der Waals surface area contributed by atoms with Crippen molar-refractivity contribution in [1.29, 1.82) is 0 Å². The van der Waals surface area contributed by atoms with Crippen LogP contribution in [0.5, 0.6) is 0 Å². The van der Waals surface area contributed by atoms with Gasteiger partial charge in [0.2, 0.25) is 0 Å². The molecule has 1 rings (SSSR count). The molecule has 0 aromatic heterocycles. The van der Waals surface area contributed by atoms with Gasteiger partial charge in [0.25, 0.3) is 0 Å². The summed E-state index contributed by atoms with van der Waals surface area (Å²) in [5.41, 5.74) is -0.660. The van der Waals surface area contributed by atoms with Crippen molar-refractivity contribution in [2.75, 3.05) is 11.5 Å². The highest BCUT2D eigenvalue weighted by Crippen LogP contribution is 2.32. The lowest BCUT2D eigenvalue weighted by Gasteiger charge is -2.10. The van der Waals surface area contributed by atoms with Gasteiger partial charge < -0.3 is 5.11 Å². The topological polar surface area (TPSA) is 37.3 Å². The molecule has 0 fully saturated rings. The van der Waals surface area contributed by atoms with Crippen LogP contribution in [0.2, 0.25) is 0 Å². The van der Waals surface area contributed by atoms with Crippen molar-refractivity contribution >= 4 is 29.5 Å². The monoisotopic (exact) mass is 324 g/mol. The van der Waals surface area contributed by atoms with Gasteiger partial charge in [0.05, 0.1) is 5.56 Å². The number of aliphatic carboxylic acids is 1. The second-order valence-electron chi connectivity index (χ2n) is 3.98. The van der Waals surface area contributed by atoms with Gasteiger partial charge in [0, 0.05) is 16.4 Å². The van der Waals surface area contributed by atoms with E-state index in [0.29, 0.717) is 22.8 Å². The third kappa shape index (κ3) is 5.66. The minimum atomic E-state index is -4.33. The summed E-state index contributed by atoms with van der Waals surface area (Å²) in [5, 5.41) is 8.42. The molecular formula is C13H15F3O2S2. The van der Waals surface area contributed by atoms with Crippen molar-refractivity contribution < 1.29 is 23.1 Å². The molecule has 0 saturated heterocycles. The number of hydrogen-bond donors (Lipinski definition) is 1. The Labute approximate surface area is 124 Å². The van der Waals surface area contributed by atoms with Crippen LogP contribution in [0.15, 0.2) is 29.2 Å². The predicted molar refractivity (Wildman–Crippen MR) is 76.3 cm³/mol. The van der Waals surface area contributed by atoms with Gasteiger partial charge in [-0.1, -0.05) is 13.0 Å². The quantitative estimate of drug-likeness (QED) is 0.596. The number of carbonyl (C=O) groups is 1. The lowest BCUT2D eigenvalue weighted by atomic mass is 10.2. The van der Waals surface area contributed by atoms with E-state index in [1.807, 2.05) is 0 Å². The molecule has 1 N–H and O–H groups in total. The first kappa shape index (κ1) is 17.2. The first-order valence-corrected chi connectivity index (χ1v) is 8.02. The fourth-order valence-corrected chi connectivity index (χ4v) is 3.48. The van der Waals surface area contributed by atoms with Gasteiger partial charge in [-0.3, -0.25) is 4.79 Å². The second-order valence-corrected chi connectivity index (χ2v) is 6.46. The van der Waals surface area contributed by atoms with Gasteiger partial charge in [-0.25, -0.2) is 0 Å². The highest BCUT2D eigenvalue weighted by atomic mass is 32.2. The first-order valence-electron chi connectivity index (χ1n) is 5.99. The molecule has 0 aliphatic carbocycles. The summed E-state index contributed by atoms with van der Waals surface area (Å²) in [5.74, 6) is 0.322. The number of hydrogen-bond acceptors (Lipinski definition) is 3. The Bertz CT molecular complexity index is 449. The van der Waals surface area contributed by atoms with Gasteiger partial charge in [-0.2, -0.15) is 13.2 Å². The number of carboxylic acids is 1. The average molecular weight is 324 g/mol. The third-order valence-corrected chi connectivity index (χ3v) is 5.11. The van der Waals surface area contributed by atoms with Crippen LogP contribution in [-0.2, 0) is 11.0 Å². The van der Waals surface area contributed by atoms with Crippen LogP contribution in [0.3, 0.4) is 0 Å². The molecular weight excluding hydrogens is 309 g/mol. The molecule has 0 aliphatic rings. The Morgan fingerprint density at radius 2 is 2.05 bits per heavy atom. The summed E-state index contributed by atoms with van der Waals surface area (Å²) < 4.78 is 37.6. The number of alkyl halides is 3.